The molecule has 1 aromatic rings. The summed E-state index contributed by atoms with van der Waals surface area (Å²) in [5.74, 6) is 0. The largest absolute Gasteiger partial charge is 0.385 e. The summed E-state index contributed by atoms with van der Waals surface area (Å²) in [5, 5.41) is 7.67. The number of anilines is 1. The van der Waals surface area contributed by atoms with Crippen LogP contribution >= 0.6 is 35.4 Å². The molecule has 0 heterocycles. The molecule has 0 atom stereocenters. The van der Waals surface area contributed by atoms with Crippen LogP contribution in [0.3, 0.4) is 0 Å². The highest BCUT2D eigenvalue weighted by Crippen LogP contribution is 2.24. The first-order chi connectivity index (χ1) is 8.13. The van der Waals surface area contributed by atoms with E-state index < -0.39 is 0 Å². The molecule has 0 saturated heterocycles. The van der Waals surface area contributed by atoms with Crippen molar-refractivity contribution < 1.29 is 4.74 Å². The number of hydrogen-bond acceptors (Lipinski definition) is 2. The molecule has 17 heavy (non-hydrogen) atoms. The molecule has 1 aromatic carbocycles. The lowest BCUT2D eigenvalue weighted by molar-refractivity contribution is 0.196. The maximum atomic E-state index is 5.89. The average molecular weight is 293 g/mol. The molecular formula is C11H14Cl2N2OS. The number of hydrogen-bond donors (Lipinski definition) is 2. The lowest BCUT2D eigenvalue weighted by Gasteiger charge is -2.10. The van der Waals surface area contributed by atoms with E-state index in [4.69, 9.17) is 40.2 Å². The molecule has 0 aliphatic heterocycles. The molecule has 94 valence electrons. The second-order valence-corrected chi connectivity index (χ2v) is 4.58. The third kappa shape index (κ3) is 5.55. The van der Waals surface area contributed by atoms with Crippen LogP contribution in [-0.2, 0) is 4.74 Å². The number of rotatable bonds is 5. The summed E-state index contributed by atoms with van der Waals surface area (Å²) in [7, 11) is 1.67. The molecule has 0 bridgehead atoms. The van der Waals surface area contributed by atoms with E-state index in [1.165, 1.54) is 0 Å². The van der Waals surface area contributed by atoms with Crippen LogP contribution in [0.5, 0.6) is 0 Å². The Morgan fingerprint density at radius 2 is 2.12 bits per heavy atom. The van der Waals surface area contributed by atoms with Gasteiger partial charge in [0.05, 0.1) is 10.0 Å². The third-order valence-electron chi connectivity index (χ3n) is 1.99. The summed E-state index contributed by atoms with van der Waals surface area (Å²) in [6.45, 7) is 1.48. The van der Waals surface area contributed by atoms with Crippen molar-refractivity contribution in [1.29, 1.82) is 0 Å². The van der Waals surface area contributed by atoms with Crippen LogP contribution in [0, 0.1) is 0 Å². The van der Waals surface area contributed by atoms with Crippen molar-refractivity contribution in [2.24, 2.45) is 0 Å². The molecule has 0 radical (unpaired) electrons. The summed E-state index contributed by atoms with van der Waals surface area (Å²) in [6.07, 6.45) is 0.902. The number of ether oxygens (including phenoxy) is 1. The molecule has 0 aliphatic rings. The Labute approximate surface area is 116 Å². The van der Waals surface area contributed by atoms with Crippen molar-refractivity contribution >= 4 is 46.2 Å². The van der Waals surface area contributed by atoms with Crippen molar-refractivity contribution in [3.8, 4) is 0 Å². The van der Waals surface area contributed by atoms with Gasteiger partial charge < -0.3 is 15.4 Å². The van der Waals surface area contributed by atoms with Crippen LogP contribution in [0.4, 0.5) is 5.69 Å². The number of methoxy groups -OCH3 is 1. The molecule has 0 aliphatic carbocycles. The highest BCUT2D eigenvalue weighted by molar-refractivity contribution is 7.80. The summed E-state index contributed by atoms with van der Waals surface area (Å²) < 4.78 is 4.94. The number of benzene rings is 1. The predicted molar refractivity (Wildman–Crippen MR) is 77.2 cm³/mol. The monoisotopic (exact) mass is 292 g/mol. The van der Waals surface area contributed by atoms with Crippen LogP contribution < -0.4 is 10.6 Å². The van der Waals surface area contributed by atoms with E-state index >= 15 is 0 Å². The van der Waals surface area contributed by atoms with Crippen molar-refractivity contribution in [1.82, 2.24) is 5.32 Å². The number of thiocarbonyl (C=S) groups is 1. The first kappa shape index (κ1) is 14.5. The molecule has 0 spiro atoms. The topological polar surface area (TPSA) is 33.3 Å². The minimum absolute atomic E-state index is 0.499. The number of halogens is 2. The molecule has 0 aromatic heterocycles. The minimum atomic E-state index is 0.499. The summed E-state index contributed by atoms with van der Waals surface area (Å²) in [5.41, 5.74) is 0.809. The van der Waals surface area contributed by atoms with Gasteiger partial charge in [0, 0.05) is 25.9 Å². The molecule has 0 unspecified atom stereocenters. The Morgan fingerprint density at radius 1 is 1.35 bits per heavy atom. The molecule has 0 amide bonds. The highest BCUT2D eigenvalue weighted by Gasteiger charge is 2.01. The molecule has 0 saturated carbocycles. The van der Waals surface area contributed by atoms with E-state index in [-0.39, 0.29) is 0 Å². The highest BCUT2D eigenvalue weighted by atomic mass is 35.5. The van der Waals surface area contributed by atoms with Gasteiger partial charge in [-0.1, -0.05) is 23.2 Å². The smallest absolute Gasteiger partial charge is 0.170 e. The molecule has 3 nitrogen and oxygen atoms in total. The van der Waals surface area contributed by atoms with Gasteiger partial charge in [0.2, 0.25) is 0 Å². The Bertz CT molecular complexity index is 388. The van der Waals surface area contributed by atoms with Crippen molar-refractivity contribution in [3.05, 3.63) is 28.2 Å². The van der Waals surface area contributed by atoms with E-state index in [1.807, 2.05) is 6.07 Å². The fraction of sp³-hybridized carbons (Fsp3) is 0.364. The molecular weight excluding hydrogens is 279 g/mol. The summed E-state index contributed by atoms with van der Waals surface area (Å²) in [6, 6.07) is 5.27. The average Bonchev–Trinajstić information content (AvgIpc) is 2.30. The molecule has 6 heteroatoms. The Hall–Kier alpha value is -0.550. The Balaban J connectivity index is 2.37. The van der Waals surface area contributed by atoms with Gasteiger partial charge in [0.15, 0.2) is 5.11 Å². The lowest BCUT2D eigenvalue weighted by Crippen LogP contribution is -2.29. The van der Waals surface area contributed by atoms with Crippen LogP contribution in [0.15, 0.2) is 18.2 Å². The van der Waals surface area contributed by atoms with E-state index in [9.17, 15) is 0 Å². The van der Waals surface area contributed by atoms with Crippen LogP contribution in [0.25, 0.3) is 0 Å². The zero-order valence-corrected chi connectivity index (χ0v) is 11.8. The van der Waals surface area contributed by atoms with Crippen molar-refractivity contribution in [2.75, 3.05) is 25.6 Å². The maximum Gasteiger partial charge on any atom is 0.170 e. The Kier molecular flexibility index (Phi) is 6.58. The fourth-order valence-electron chi connectivity index (χ4n) is 1.17. The standard InChI is InChI=1S/C11H14Cl2N2OS/c1-16-6-2-5-14-11(17)15-8-3-4-9(12)10(13)7-8/h3-4,7H,2,5-6H2,1H3,(H2,14,15,17). The fourth-order valence-corrected chi connectivity index (χ4v) is 1.69. The molecule has 1 rings (SSSR count). The second-order valence-electron chi connectivity index (χ2n) is 3.36. The molecule has 2 N–H and O–H groups in total. The predicted octanol–water partition coefficient (Wildman–Crippen LogP) is 3.32. The minimum Gasteiger partial charge on any atom is -0.385 e. The third-order valence-corrected chi connectivity index (χ3v) is 2.97. The van der Waals surface area contributed by atoms with E-state index in [0.29, 0.717) is 21.8 Å². The van der Waals surface area contributed by atoms with Crippen molar-refractivity contribution in [2.45, 2.75) is 6.42 Å². The van der Waals surface area contributed by atoms with Gasteiger partial charge in [-0.3, -0.25) is 0 Å². The van der Waals surface area contributed by atoms with E-state index in [0.717, 1.165) is 18.7 Å². The van der Waals surface area contributed by atoms with Gasteiger partial charge >= 0.3 is 0 Å². The zero-order valence-electron chi connectivity index (χ0n) is 9.43. The summed E-state index contributed by atoms with van der Waals surface area (Å²) >= 11 is 16.8. The Morgan fingerprint density at radius 3 is 2.76 bits per heavy atom. The maximum absolute atomic E-state index is 5.89. The first-order valence-corrected chi connectivity index (χ1v) is 6.28. The second kappa shape index (κ2) is 7.71. The number of nitrogens with one attached hydrogen (secondary N) is 2. The van der Waals surface area contributed by atoms with Crippen LogP contribution in [0.1, 0.15) is 6.42 Å². The zero-order chi connectivity index (χ0) is 12.7. The lowest BCUT2D eigenvalue weighted by atomic mass is 10.3. The van der Waals surface area contributed by atoms with Gasteiger partial charge in [-0.15, -0.1) is 0 Å². The van der Waals surface area contributed by atoms with Crippen LogP contribution in [-0.4, -0.2) is 25.4 Å². The van der Waals surface area contributed by atoms with E-state index in [1.54, 1.807) is 19.2 Å². The first-order valence-electron chi connectivity index (χ1n) is 5.12. The van der Waals surface area contributed by atoms with Gasteiger partial charge in [-0.05, 0) is 36.8 Å². The van der Waals surface area contributed by atoms with Gasteiger partial charge in [0.25, 0.3) is 0 Å². The van der Waals surface area contributed by atoms with Gasteiger partial charge in [0.1, 0.15) is 0 Å². The van der Waals surface area contributed by atoms with E-state index in [2.05, 4.69) is 10.6 Å². The van der Waals surface area contributed by atoms with Crippen LogP contribution in [0.2, 0.25) is 10.0 Å². The van der Waals surface area contributed by atoms with Gasteiger partial charge in [-0.2, -0.15) is 0 Å². The quantitative estimate of drug-likeness (QED) is 0.644. The SMILES string of the molecule is COCCCNC(=S)Nc1ccc(Cl)c(Cl)c1. The molecule has 0 fully saturated rings. The van der Waals surface area contributed by atoms with Gasteiger partial charge in [-0.25, -0.2) is 0 Å². The normalized spacial score (nSPS) is 10.1. The summed E-state index contributed by atoms with van der Waals surface area (Å²) in [4.78, 5) is 0. The van der Waals surface area contributed by atoms with Crippen molar-refractivity contribution in [3.63, 3.8) is 0 Å².